The Morgan fingerprint density at radius 3 is 2.32 bits per heavy atom. The van der Waals surface area contributed by atoms with Gasteiger partial charge in [0.25, 0.3) is 0 Å². The standard InChI is InChI=1S/C22H34O6/c1-2-20-19(25)16-21(28-20)18(24)15-14-17(23)12-10-8-6-4-3-5-7-9-11-13-22(26)27/h3-4,7-10,14-15,17-21,23-25H,2,5-6,11-13,16H2,1H3,(H,26,27)/b4-3-,9-7-,10-8-,15-14+/t17-,18+,19+,20-,21+/m1/s1. The Kier molecular flexibility index (Phi) is 12.4. The number of ether oxygens (including phenoxy) is 1. The van der Waals surface area contributed by atoms with Crippen LogP contribution in [0.15, 0.2) is 48.6 Å². The minimum atomic E-state index is -0.837. The molecule has 1 rings (SSSR count). The molecule has 0 spiro atoms. The van der Waals surface area contributed by atoms with Gasteiger partial charge in [-0.25, -0.2) is 0 Å². The van der Waals surface area contributed by atoms with Crippen molar-refractivity contribution in [2.75, 3.05) is 0 Å². The minimum Gasteiger partial charge on any atom is -0.481 e. The van der Waals surface area contributed by atoms with Crippen molar-refractivity contribution in [2.24, 2.45) is 0 Å². The SMILES string of the molecule is CC[C@H]1O[C@H]([C@@H](O)/C=C/[C@H](O)C/C=C\C/C=C\C/C=C\CCC(=O)O)C[C@@H]1O. The third-order valence-electron chi connectivity index (χ3n) is 4.51. The predicted octanol–water partition coefficient (Wildman–Crippen LogP) is 2.90. The number of allylic oxidation sites excluding steroid dienone is 5. The van der Waals surface area contributed by atoms with E-state index in [2.05, 4.69) is 0 Å². The Morgan fingerprint density at radius 2 is 1.71 bits per heavy atom. The van der Waals surface area contributed by atoms with Gasteiger partial charge in [0.1, 0.15) is 0 Å². The van der Waals surface area contributed by atoms with Gasteiger partial charge in [0, 0.05) is 12.8 Å². The van der Waals surface area contributed by atoms with Gasteiger partial charge in [-0.2, -0.15) is 0 Å². The van der Waals surface area contributed by atoms with Crippen molar-refractivity contribution in [2.45, 2.75) is 82.4 Å². The van der Waals surface area contributed by atoms with E-state index in [1.54, 1.807) is 6.08 Å². The first-order valence-electron chi connectivity index (χ1n) is 9.98. The molecule has 0 aliphatic carbocycles. The second-order valence-corrected chi connectivity index (χ2v) is 6.92. The van der Waals surface area contributed by atoms with Crippen LogP contribution in [0, 0.1) is 0 Å². The fourth-order valence-corrected chi connectivity index (χ4v) is 2.90. The van der Waals surface area contributed by atoms with Crippen LogP contribution in [0.2, 0.25) is 0 Å². The van der Waals surface area contributed by atoms with E-state index >= 15 is 0 Å². The van der Waals surface area contributed by atoms with Gasteiger partial charge < -0.3 is 25.2 Å². The van der Waals surface area contributed by atoms with E-state index in [0.717, 1.165) is 12.8 Å². The van der Waals surface area contributed by atoms with Crippen molar-refractivity contribution in [3.63, 3.8) is 0 Å². The maximum Gasteiger partial charge on any atom is 0.303 e. The fourth-order valence-electron chi connectivity index (χ4n) is 2.90. The van der Waals surface area contributed by atoms with Gasteiger partial charge >= 0.3 is 5.97 Å². The third kappa shape index (κ3) is 10.6. The normalized spacial score (nSPS) is 25.5. The molecule has 6 heteroatoms. The highest BCUT2D eigenvalue weighted by Gasteiger charge is 2.35. The molecule has 0 unspecified atom stereocenters. The molecule has 1 aliphatic heterocycles. The molecule has 0 aromatic heterocycles. The maximum absolute atomic E-state index is 10.3. The smallest absolute Gasteiger partial charge is 0.303 e. The van der Waals surface area contributed by atoms with Crippen molar-refractivity contribution in [1.29, 1.82) is 0 Å². The number of hydrogen-bond donors (Lipinski definition) is 4. The lowest BCUT2D eigenvalue weighted by Gasteiger charge is -2.16. The molecule has 0 saturated carbocycles. The molecule has 1 saturated heterocycles. The Morgan fingerprint density at radius 1 is 1.07 bits per heavy atom. The van der Waals surface area contributed by atoms with Gasteiger partial charge in [-0.3, -0.25) is 4.79 Å². The number of carboxylic acid groups (broad SMARTS) is 1. The number of rotatable bonds is 13. The zero-order valence-electron chi connectivity index (χ0n) is 16.6. The first-order valence-corrected chi connectivity index (χ1v) is 9.98. The van der Waals surface area contributed by atoms with E-state index in [4.69, 9.17) is 9.84 Å². The van der Waals surface area contributed by atoms with Crippen LogP contribution < -0.4 is 0 Å². The summed E-state index contributed by atoms with van der Waals surface area (Å²) in [6.45, 7) is 1.93. The zero-order valence-corrected chi connectivity index (χ0v) is 16.6. The summed E-state index contributed by atoms with van der Waals surface area (Å²) in [4.78, 5) is 10.3. The number of carbonyl (C=O) groups is 1. The lowest BCUT2D eigenvalue weighted by atomic mass is 10.1. The van der Waals surface area contributed by atoms with Crippen LogP contribution in [-0.2, 0) is 9.53 Å². The van der Waals surface area contributed by atoms with Crippen molar-refractivity contribution >= 4 is 5.97 Å². The van der Waals surface area contributed by atoms with Crippen LogP contribution in [0.1, 0.15) is 51.9 Å². The Balaban J connectivity index is 2.16. The third-order valence-corrected chi connectivity index (χ3v) is 4.51. The van der Waals surface area contributed by atoms with Gasteiger partial charge in [0.2, 0.25) is 0 Å². The van der Waals surface area contributed by atoms with Gasteiger partial charge in [0.05, 0.1) is 30.5 Å². The molecule has 0 aromatic rings. The van der Waals surface area contributed by atoms with E-state index in [1.165, 1.54) is 6.08 Å². The number of aliphatic carboxylic acids is 1. The Hall–Kier alpha value is -1.73. The molecule has 4 N–H and O–H groups in total. The van der Waals surface area contributed by atoms with Crippen LogP contribution in [-0.4, -0.2) is 56.9 Å². The van der Waals surface area contributed by atoms with Gasteiger partial charge in [-0.15, -0.1) is 0 Å². The summed E-state index contributed by atoms with van der Waals surface area (Å²) in [6.07, 6.45) is 15.9. The average Bonchev–Trinajstić information content (AvgIpc) is 3.04. The van der Waals surface area contributed by atoms with Crippen molar-refractivity contribution < 1.29 is 30.0 Å². The van der Waals surface area contributed by atoms with Crippen LogP contribution >= 0.6 is 0 Å². The molecule has 0 aromatic carbocycles. The highest BCUT2D eigenvalue weighted by molar-refractivity contribution is 5.66. The molecule has 0 amide bonds. The lowest BCUT2D eigenvalue weighted by Crippen LogP contribution is -2.24. The minimum absolute atomic E-state index is 0.158. The molecule has 158 valence electrons. The number of aliphatic hydroxyl groups is 3. The summed E-state index contributed by atoms with van der Waals surface area (Å²) in [5.74, 6) is -0.785. The predicted molar refractivity (Wildman–Crippen MR) is 109 cm³/mol. The molecule has 6 nitrogen and oxygen atoms in total. The Labute approximate surface area is 167 Å². The molecule has 0 radical (unpaired) electrons. The maximum atomic E-state index is 10.3. The molecule has 1 heterocycles. The molecule has 1 aliphatic rings. The second-order valence-electron chi connectivity index (χ2n) is 6.92. The van der Waals surface area contributed by atoms with Crippen LogP contribution in [0.5, 0.6) is 0 Å². The van der Waals surface area contributed by atoms with E-state index in [9.17, 15) is 20.1 Å². The number of hydrogen-bond acceptors (Lipinski definition) is 5. The monoisotopic (exact) mass is 394 g/mol. The van der Waals surface area contributed by atoms with Gasteiger partial charge in [0.15, 0.2) is 0 Å². The first kappa shape index (κ1) is 24.3. The summed E-state index contributed by atoms with van der Waals surface area (Å²) in [7, 11) is 0. The van der Waals surface area contributed by atoms with Crippen molar-refractivity contribution in [3.05, 3.63) is 48.6 Å². The summed E-state index contributed by atoms with van der Waals surface area (Å²) < 4.78 is 5.61. The second kappa shape index (κ2) is 14.3. The van der Waals surface area contributed by atoms with Crippen LogP contribution in [0.3, 0.4) is 0 Å². The summed E-state index contributed by atoms with van der Waals surface area (Å²) in [5.41, 5.74) is 0. The van der Waals surface area contributed by atoms with Crippen molar-refractivity contribution in [3.8, 4) is 0 Å². The number of carboxylic acids is 1. The van der Waals surface area contributed by atoms with E-state index in [-0.39, 0.29) is 12.5 Å². The van der Waals surface area contributed by atoms with Gasteiger partial charge in [-0.05, 0) is 32.1 Å². The highest BCUT2D eigenvalue weighted by Crippen LogP contribution is 2.25. The fraction of sp³-hybridized carbons (Fsp3) is 0.591. The molecule has 28 heavy (non-hydrogen) atoms. The largest absolute Gasteiger partial charge is 0.481 e. The highest BCUT2D eigenvalue weighted by atomic mass is 16.5. The average molecular weight is 395 g/mol. The van der Waals surface area contributed by atoms with E-state index in [0.29, 0.717) is 25.7 Å². The first-order chi connectivity index (χ1) is 13.4. The van der Waals surface area contributed by atoms with Gasteiger partial charge in [-0.1, -0.05) is 55.5 Å². The molecule has 5 atom stereocenters. The Bertz CT molecular complexity index is 551. The molecular weight excluding hydrogens is 360 g/mol. The van der Waals surface area contributed by atoms with Crippen molar-refractivity contribution in [1.82, 2.24) is 0 Å². The lowest BCUT2D eigenvalue weighted by molar-refractivity contribution is -0.136. The zero-order chi connectivity index (χ0) is 20.8. The van der Waals surface area contributed by atoms with Crippen LogP contribution in [0.4, 0.5) is 0 Å². The summed E-state index contributed by atoms with van der Waals surface area (Å²) in [6, 6.07) is 0. The molecule has 0 bridgehead atoms. The van der Waals surface area contributed by atoms with E-state index < -0.39 is 30.4 Å². The molecular formula is C22H34O6. The summed E-state index contributed by atoms with van der Waals surface area (Å²) >= 11 is 0. The quantitative estimate of drug-likeness (QED) is 0.358. The molecule has 1 fully saturated rings. The van der Waals surface area contributed by atoms with E-state index in [1.807, 2.05) is 43.4 Å². The number of aliphatic hydroxyl groups excluding tert-OH is 3. The van der Waals surface area contributed by atoms with Crippen LogP contribution in [0.25, 0.3) is 0 Å². The summed E-state index contributed by atoms with van der Waals surface area (Å²) in [5, 5.41) is 38.4. The topological polar surface area (TPSA) is 107 Å².